The second-order valence-electron chi connectivity index (χ2n) is 5.82. The third kappa shape index (κ3) is 7.14. The molecule has 1 aromatic carbocycles. The zero-order valence-corrected chi connectivity index (χ0v) is 13.0. The molecule has 0 heterocycles. The smallest absolute Gasteiger partial charge is 0.412 e. The molecule has 4 nitrogen and oxygen atoms in total. The van der Waals surface area contributed by atoms with E-state index in [-0.39, 0.29) is 0 Å². The largest absolute Gasteiger partial charge is 0.444 e. The van der Waals surface area contributed by atoms with Crippen molar-refractivity contribution in [3.05, 3.63) is 29.8 Å². The summed E-state index contributed by atoms with van der Waals surface area (Å²) < 4.78 is 5.20. The van der Waals surface area contributed by atoms with Crippen LogP contribution in [0.4, 0.5) is 10.5 Å². The summed E-state index contributed by atoms with van der Waals surface area (Å²) in [5.41, 5.74) is 1.53. The highest BCUT2D eigenvalue weighted by Gasteiger charge is 2.15. The van der Waals surface area contributed by atoms with Gasteiger partial charge in [0.05, 0.1) is 0 Å². The topological polar surface area (TPSA) is 50.4 Å². The van der Waals surface area contributed by atoms with E-state index in [2.05, 4.69) is 17.6 Å². The lowest BCUT2D eigenvalue weighted by atomic mass is 10.1. The average molecular weight is 278 g/mol. The summed E-state index contributed by atoms with van der Waals surface area (Å²) in [6.07, 6.45) is 1.72. The lowest BCUT2D eigenvalue weighted by Crippen LogP contribution is -2.27. The summed E-state index contributed by atoms with van der Waals surface area (Å²) in [5.74, 6) is 0. The van der Waals surface area contributed by atoms with E-state index in [1.807, 2.05) is 45.0 Å². The minimum atomic E-state index is -0.477. The summed E-state index contributed by atoms with van der Waals surface area (Å²) in [6.45, 7) is 9.73. The highest BCUT2D eigenvalue weighted by atomic mass is 16.6. The van der Waals surface area contributed by atoms with E-state index in [4.69, 9.17) is 4.74 Å². The van der Waals surface area contributed by atoms with Gasteiger partial charge in [-0.25, -0.2) is 4.79 Å². The molecule has 1 amide bonds. The first-order chi connectivity index (χ1) is 9.40. The van der Waals surface area contributed by atoms with Crippen LogP contribution in [0, 0.1) is 0 Å². The van der Waals surface area contributed by atoms with Gasteiger partial charge in [0.15, 0.2) is 0 Å². The molecule has 0 atom stereocenters. The monoisotopic (exact) mass is 278 g/mol. The molecule has 0 unspecified atom stereocenters. The van der Waals surface area contributed by atoms with Crippen LogP contribution in [0.5, 0.6) is 0 Å². The van der Waals surface area contributed by atoms with Crippen LogP contribution in [0.1, 0.15) is 39.7 Å². The van der Waals surface area contributed by atoms with Gasteiger partial charge in [0.2, 0.25) is 0 Å². The van der Waals surface area contributed by atoms with Crippen molar-refractivity contribution in [1.29, 1.82) is 0 Å². The number of hydrogen-bond donors (Lipinski definition) is 2. The van der Waals surface area contributed by atoms with E-state index in [0.717, 1.165) is 31.6 Å². The molecule has 20 heavy (non-hydrogen) atoms. The van der Waals surface area contributed by atoms with Crippen LogP contribution >= 0.6 is 0 Å². The van der Waals surface area contributed by atoms with E-state index < -0.39 is 11.7 Å². The highest BCUT2D eigenvalue weighted by Crippen LogP contribution is 2.13. The lowest BCUT2D eigenvalue weighted by molar-refractivity contribution is 0.0636. The first-order valence-corrected chi connectivity index (χ1v) is 7.20. The predicted octanol–water partition coefficient (Wildman–Crippen LogP) is 3.58. The molecule has 0 aromatic heterocycles. The first-order valence-electron chi connectivity index (χ1n) is 7.20. The maximum Gasteiger partial charge on any atom is 0.412 e. The quantitative estimate of drug-likeness (QED) is 0.782. The fraction of sp³-hybridized carbons (Fsp3) is 0.562. The van der Waals surface area contributed by atoms with Crippen molar-refractivity contribution >= 4 is 11.8 Å². The molecule has 0 saturated heterocycles. The Bertz CT molecular complexity index is 407. The van der Waals surface area contributed by atoms with Crippen LogP contribution in [-0.2, 0) is 11.2 Å². The molecular formula is C16H26N2O2. The summed E-state index contributed by atoms with van der Waals surface area (Å²) in [4.78, 5) is 11.6. The van der Waals surface area contributed by atoms with E-state index in [1.54, 1.807) is 0 Å². The number of nitrogens with one attached hydrogen (secondary N) is 2. The molecule has 0 radical (unpaired) electrons. The highest BCUT2D eigenvalue weighted by molar-refractivity contribution is 5.84. The first kappa shape index (κ1) is 16.5. The minimum absolute atomic E-state index is 0.421. The molecule has 4 heteroatoms. The maximum absolute atomic E-state index is 11.6. The van der Waals surface area contributed by atoms with Gasteiger partial charge in [-0.2, -0.15) is 0 Å². The number of ether oxygens (including phenoxy) is 1. The average Bonchev–Trinajstić information content (AvgIpc) is 2.34. The Hall–Kier alpha value is -1.55. The third-order valence-electron chi connectivity index (χ3n) is 2.62. The molecular weight excluding hydrogens is 252 g/mol. The SMILES string of the molecule is CCCNCCc1ccc(NC(=O)OC(C)(C)C)cc1. The van der Waals surface area contributed by atoms with E-state index >= 15 is 0 Å². The van der Waals surface area contributed by atoms with Gasteiger partial charge in [0.25, 0.3) is 0 Å². The number of carbonyl (C=O) groups excluding carboxylic acids is 1. The number of amides is 1. The molecule has 1 rings (SSSR count). The van der Waals surface area contributed by atoms with Gasteiger partial charge in [-0.1, -0.05) is 19.1 Å². The molecule has 2 N–H and O–H groups in total. The van der Waals surface area contributed by atoms with Crippen LogP contribution in [0.25, 0.3) is 0 Å². The molecule has 0 fully saturated rings. The Kier molecular flexibility index (Phi) is 6.52. The number of carbonyl (C=O) groups is 1. The van der Waals surface area contributed by atoms with Crippen LogP contribution in [0.2, 0.25) is 0 Å². The molecule has 0 aliphatic heterocycles. The molecule has 0 aliphatic rings. The van der Waals surface area contributed by atoms with Gasteiger partial charge >= 0.3 is 6.09 Å². The van der Waals surface area contributed by atoms with Crippen molar-refractivity contribution < 1.29 is 9.53 Å². The Balaban J connectivity index is 2.40. The summed E-state index contributed by atoms with van der Waals surface area (Å²) in [7, 11) is 0. The Labute approximate surface area is 121 Å². The summed E-state index contributed by atoms with van der Waals surface area (Å²) >= 11 is 0. The standard InChI is InChI=1S/C16H26N2O2/c1-5-11-17-12-10-13-6-8-14(9-7-13)18-15(19)20-16(2,3)4/h6-9,17H,5,10-12H2,1-4H3,(H,18,19). The number of rotatable bonds is 6. The fourth-order valence-corrected chi connectivity index (χ4v) is 1.71. The van der Waals surface area contributed by atoms with Crippen molar-refractivity contribution in [2.75, 3.05) is 18.4 Å². The fourth-order valence-electron chi connectivity index (χ4n) is 1.71. The molecule has 1 aromatic rings. The lowest BCUT2D eigenvalue weighted by Gasteiger charge is -2.19. The number of anilines is 1. The molecule has 0 spiro atoms. The molecule has 0 aliphatic carbocycles. The predicted molar refractivity (Wildman–Crippen MR) is 83.2 cm³/mol. The molecule has 0 bridgehead atoms. The van der Waals surface area contributed by atoms with E-state index in [0.29, 0.717) is 0 Å². The summed E-state index contributed by atoms with van der Waals surface area (Å²) in [5, 5.41) is 6.09. The summed E-state index contributed by atoms with van der Waals surface area (Å²) in [6, 6.07) is 7.86. The van der Waals surface area contributed by atoms with Gasteiger partial charge in [-0.3, -0.25) is 5.32 Å². The Morgan fingerprint density at radius 1 is 1.15 bits per heavy atom. The zero-order chi connectivity index (χ0) is 15.0. The second kappa shape index (κ2) is 7.90. The number of benzene rings is 1. The second-order valence-corrected chi connectivity index (χ2v) is 5.82. The van der Waals surface area contributed by atoms with Crippen molar-refractivity contribution in [2.45, 2.75) is 46.1 Å². The van der Waals surface area contributed by atoms with E-state index in [1.165, 1.54) is 5.56 Å². The van der Waals surface area contributed by atoms with Crippen molar-refractivity contribution in [2.24, 2.45) is 0 Å². The van der Waals surface area contributed by atoms with Crippen LogP contribution in [0.3, 0.4) is 0 Å². The van der Waals surface area contributed by atoms with Crippen molar-refractivity contribution in [3.8, 4) is 0 Å². The third-order valence-corrected chi connectivity index (χ3v) is 2.62. The van der Waals surface area contributed by atoms with Crippen LogP contribution in [-0.4, -0.2) is 24.8 Å². The molecule has 0 saturated carbocycles. The van der Waals surface area contributed by atoms with E-state index in [9.17, 15) is 4.79 Å². The van der Waals surface area contributed by atoms with Gasteiger partial charge in [-0.05, 0) is 64.4 Å². The number of hydrogen-bond acceptors (Lipinski definition) is 3. The van der Waals surface area contributed by atoms with Crippen molar-refractivity contribution in [3.63, 3.8) is 0 Å². The van der Waals surface area contributed by atoms with Gasteiger partial charge in [0.1, 0.15) is 5.60 Å². The van der Waals surface area contributed by atoms with Crippen molar-refractivity contribution in [1.82, 2.24) is 5.32 Å². The van der Waals surface area contributed by atoms with Gasteiger partial charge in [-0.15, -0.1) is 0 Å². The van der Waals surface area contributed by atoms with Gasteiger partial charge < -0.3 is 10.1 Å². The van der Waals surface area contributed by atoms with Gasteiger partial charge in [0, 0.05) is 5.69 Å². The van der Waals surface area contributed by atoms with Crippen LogP contribution in [0.15, 0.2) is 24.3 Å². The Morgan fingerprint density at radius 2 is 1.80 bits per heavy atom. The Morgan fingerprint density at radius 3 is 2.35 bits per heavy atom. The minimum Gasteiger partial charge on any atom is -0.444 e. The molecule has 112 valence electrons. The van der Waals surface area contributed by atoms with Crippen LogP contribution < -0.4 is 10.6 Å². The maximum atomic E-state index is 11.6. The zero-order valence-electron chi connectivity index (χ0n) is 13.0. The normalized spacial score (nSPS) is 11.2.